The Kier molecular flexibility index (Phi) is 5.26. The maximum absolute atomic E-state index is 13.7. The lowest BCUT2D eigenvalue weighted by Gasteiger charge is -2.09. The molecule has 4 rings (SSSR count). The molecule has 30 heavy (non-hydrogen) atoms. The maximum atomic E-state index is 13.7. The summed E-state index contributed by atoms with van der Waals surface area (Å²) in [6, 6.07) is 19.5. The van der Waals surface area contributed by atoms with Gasteiger partial charge in [0.05, 0.1) is 16.6 Å². The van der Waals surface area contributed by atoms with Crippen LogP contribution >= 0.6 is 0 Å². The van der Waals surface area contributed by atoms with Crippen molar-refractivity contribution in [1.29, 1.82) is 0 Å². The van der Waals surface area contributed by atoms with Crippen LogP contribution in [0, 0.1) is 5.82 Å². The first kappa shape index (κ1) is 19.3. The number of halogens is 1. The van der Waals surface area contributed by atoms with Gasteiger partial charge in [-0.05, 0) is 48.4 Å². The number of hydrogen-bond acceptors (Lipinski definition) is 3. The molecule has 4 aromatic rings. The van der Waals surface area contributed by atoms with E-state index in [1.807, 2.05) is 0 Å². The van der Waals surface area contributed by atoms with E-state index in [2.05, 4.69) is 10.3 Å². The average molecular weight is 403 g/mol. The van der Waals surface area contributed by atoms with E-state index >= 15 is 0 Å². The molecule has 1 amide bonds. The smallest absolute Gasteiger partial charge is 0.333 e. The van der Waals surface area contributed by atoms with E-state index in [4.69, 9.17) is 0 Å². The average Bonchev–Trinajstić information content (AvgIpc) is 2.75. The van der Waals surface area contributed by atoms with Gasteiger partial charge in [-0.1, -0.05) is 36.4 Å². The first-order chi connectivity index (χ1) is 14.5. The predicted molar refractivity (Wildman–Crippen MR) is 113 cm³/mol. The van der Waals surface area contributed by atoms with Gasteiger partial charge in [-0.25, -0.2) is 13.8 Å². The molecular weight excluding hydrogens is 385 g/mol. The molecule has 0 radical (unpaired) electrons. The Labute approximate surface area is 170 Å². The van der Waals surface area contributed by atoms with E-state index in [1.165, 1.54) is 24.3 Å². The van der Waals surface area contributed by atoms with Gasteiger partial charge in [0.15, 0.2) is 0 Å². The number of nitrogens with zero attached hydrogens (tertiary/aromatic N) is 1. The predicted octanol–water partition coefficient (Wildman–Crippen LogP) is 2.79. The third-order valence-corrected chi connectivity index (χ3v) is 4.81. The summed E-state index contributed by atoms with van der Waals surface area (Å²) in [6.45, 7) is 0.254. The quantitative estimate of drug-likeness (QED) is 0.538. The molecule has 0 bridgehead atoms. The Morgan fingerprint density at radius 2 is 1.70 bits per heavy atom. The van der Waals surface area contributed by atoms with Crippen LogP contribution in [0.3, 0.4) is 0 Å². The fourth-order valence-electron chi connectivity index (χ4n) is 3.28. The van der Waals surface area contributed by atoms with Gasteiger partial charge in [-0.15, -0.1) is 0 Å². The van der Waals surface area contributed by atoms with Crippen molar-refractivity contribution in [1.82, 2.24) is 14.9 Å². The van der Waals surface area contributed by atoms with Crippen molar-refractivity contribution in [3.63, 3.8) is 0 Å². The molecule has 1 heterocycles. The lowest BCUT2D eigenvalue weighted by Crippen LogP contribution is -2.33. The molecule has 0 saturated heterocycles. The summed E-state index contributed by atoms with van der Waals surface area (Å²) in [5.74, 6) is -0.689. The summed E-state index contributed by atoms with van der Waals surface area (Å²) < 4.78 is 14.7. The number of aromatic nitrogens is 2. The molecule has 0 aliphatic rings. The molecular formula is C23H18FN3O3. The summed E-state index contributed by atoms with van der Waals surface area (Å²) >= 11 is 0. The third-order valence-electron chi connectivity index (χ3n) is 4.81. The first-order valence-electron chi connectivity index (χ1n) is 9.41. The van der Waals surface area contributed by atoms with Crippen molar-refractivity contribution in [2.24, 2.45) is 0 Å². The molecule has 7 heteroatoms. The molecule has 1 aromatic heterocycles. The second-order valence-corrected chi connectivity index (χ2v) is 6.76. The number of amides is 1. The van der Waals surface area contributed by atoms with E-state index in [0.29, 0.717) is 28.6 Å². The summed E-state index contributed by atoms with van der Waals surface area (Å²) in [5, 5.41) is 3.02. The Morgan fingerprint density at radius 1 is 0.967 bits per heavy atom. The van der Waals surface area contributed by atoms with Gasteiger partial charge in [-0.3, -0.25) is 9.59 Å². The second kappa shape index (κ2) is 8.16. The summed E-state index contributed by atoms with van der Waals surface area (Å²) in [7, 11) is 0. The molecule has 0 aliphatic carbocycles. The van der Waals surface area contributed by atoms with E-state index in [9.17, 15) is 18.8 Å². The third kappa shape index (κ3) is 3.77. The molecule has 150 valence electrons. The van der Waals surface area contributed by atoms with Crippen molar-refractivity contribution in [2.75, 3.05) is 6.54 Å². The van der Waals surface area contributed by atoms with Gasteiger partial charge >= 0.3 is 5.69 Å². The Balaban J connectivity index is 1.58. The Hall–Kier alpha value is -4.00. The van der Waals surface area contributed by atoms with Crippen LogP contribution in [0.1, 0.15) is 15.9 Å². The normalized spacial score (nSPS) is 10.8. The van der Waals surface area contributed by atoms with Crippen molar-refractivity contribution in [3.8, 4) is 5.69 Å². The topological polar surface area (TPSA) is 84.0 Å². The summed E-state index contributed by atoms with van der Waals surface area (Å²) in [6.07, 6.45) is 0.352. The lowest BCUT2D eigenvalue weighted by atomic mass is 10.1. The minimum atomic E-state index is -0.587. The second-order valence-electron chi connectivity index (χ2n) is 6.76. The van der Waals surface area contributed by atoms with E-state index in [1.54, 1.807) is 48.5 Å². The fourth-order valence-corrected chi connectivity index (χ4v) is 3.28. The zero-order valence-corrected chi connectivity index (χ0v) is 15.9. The van der Waals surface area contributed by atoms with Crippen LogP contribution in [0.2, 0.25) is 0 Å². The van der Waals surface area contributed by atoms with Crippen molar-refractivity contribution in [3.05, 3.63) is 111 Å². The molecule has 3 aromatic carbocycles. The number of aromatic amines is 1. The van der Waals surface area contributed by atoms with E-state index in [0.717, 1.165) is 4.57 Å². The van der Waals surface area contributed by atoms with Crippen LogP contribution in [0.15, 0.2) is 82.4 Å². The fraction of sp³-hybridized carbons (Fsp3) is 0.0870. The van der Waals surface area contributed by atoms with Crippen molar-refractivity contribution >= 4 is 16.8 Å². The standard InChI is InChI=1S/C23H18FN3O3/c24-19-9-5-4-6-15(19)12-13-25-21(28)16-10-11-18-20(14-16)26-23(30)27(22(18)29)17-7-2-1-3-8-17/h1-11,14H,12-13H2,(H,25,28)(H,26,30). The van der Waals surface area contributed by atoms with Gasteiger partial charge in [0, 0.05) is 12.1 Å². The number of carbonyl (C=O) groups excluding carboxylic acids is 1. The highest BCUT2D eigenvalue weighted by molar-refractivity contribution is 5.97. The van der Waals surface area contributed by atoms with Crippen LogP contribution in [-0.4, -0.2) is 22.0 Å². The van der Waals surface area contributed by atoms with Gasteiger partial charge in [0.1, 0.15) is 5.82 Å². The van der Waals surface area contributed by atoms with Gasteiger partial charge in [-0.2, -0.15) is 0 Å². The van der Waals surface area contributed by atoms with E-state index < -0.39 is 11.2 Å². The van der Waals surface area contributed by atoms with Gasteiger partial charge < -0.3 is 10.3 Å². The first-order valence-corrected chi connectivity index (χ1v) is 9.41. The SMILES string of the molecule is O=C(NCCc1ccccc1F)c1ccc2c(=O)n(-c3ccccc3)c(=O)[nH]c2c1. The van der Waals surface area contributed by atoms with Crippen LogP contribution < -0.4 is 16.6 Å². The largest absolute Gasteiger partial charge is 0.352 e. The molecule has 2 N–H and O–H groups in total. The number of benzene rings is 3. The highest BCUT2D eigenvalue weighted by atomic mass is 19.1. The molecule has 0 spiro atoms. The number of fused-ring (bicyclic) bond motifs is 1. The molecule has 0 saturated carbocycles. The maximum Gasteiger partial charge on any atom is 0.333 e. The van der Waals surface area contributed by atoms with Crippen molar-refractivity contribution in [2.45, 2.75) is 6.42 Å². The van der Waals surface area contributed by atoms with Crippen molar-refractivity contribution < 1.29 is 9.18 Å². The zero-order chi connectivity index (χ0) is 21.1. The Bertz CT molecular complexity index is 1340. The summed E-state index contributed by atoms with van der Waals surface area (Å²) in [5.41, 5.74) is 0.493. The number of rotatable bonds is 5. The van der Waals surface area contributed by atoms with Crippen LogP contribution in [0.5, 0.6) is 0 Å². The highest BCUT2D eigenvalue weighted by Gasteiger charge is 2.12. The monoisotopic (exact) mass is 403 g/mol. The molecule has 6 nitrogen and oxygen atoms in total. The van der Waals surface area contributed by atoms with Crippen LogP contribution in [0.25, 0.3) is 16.6 Å². The van der Waals surface area contributed by atoms with Crippen LogP contribution in [0.4, 0.5) is 4.39 Å². The number of carbonyl (C=O) groups is 1. The highest BCUT2D eigenvalue weighted by Crippen LogP contribution is 2.11. The molecule has 0 atom stereocenters. The lowest BCUT2D eigenvalue weighted by molar-refractivity contribution is 0.0954. The minimum Gasteiger partial charge on any atom is -0.352 e. The van der Waals surface area contributed by atoms with Gasteiger partial charge in [0.25, 0.3) is 11.5 Å². The number of hydrogen-bond donors (Lipinski definition) is 2. The number of H-pyrrole nitrogens is 1. The zero-order valence-electron chi connectivity index (χ0n) is 15.9. The van der Waals surface area contributed by atoms with Gasteiger partial charge in [0.2, 0.25) is 0 Å². The van der Waals surface area contributed by atoms with Crippen LogP contribution in [-0.2, 0) is 6.42 Å². The number of para-hydroxylation sites is 1. The molecule has 0 aliphatic heterocycles. The van der Waals surface area contributed by atoms with E-state index in [-0.39, 0.29) is 23.8 Å². The number of nitrogens with one attached hydrogen (secondary N) is 2. The summed E-state index contributed by atoms with van der Waals surface area (Å²) in [4.78, 5) is 40.4. The Morgan fingerprint density at radius 3 is 2.47 bits per heavy atom. The minimum absolute atomic E-state index is 0.254. The molecule has 0 unspecified atom stereocenters. The molecule has 0 fully saturated rings.